The fourth-order valence-electron chi connectivity index (χ4n) is 2.99. The Morgan fingerprint density at radius 3 is 2.88 bits per heavy atom. The van der Waals surface area contributed by atoms with E-state index in [9.17, 15) is 4.79 Å². The van der Waals surface area contributed by atoms with E-state index in [1.165, 1.54) is 11.3 Å². The van der Waals surface area contributed by atoms with E-state index in [4.69, 9.17) is 5.73 Å². The Balaban J connectivity index is 1.59. The first-order valence-corrected chi connectivity index (χ1v) is 10.1. The van der Waals surface area contributed by atoms with Gasteiger partial charge < -0.3 is 5.73 Å². The SMILES string of the molecule is CC1(c2cccc(C(=O)Nc3nc4ccccc4s3)c2)CCSC(N)=N1. The lowest BCUT2D eigenvalue weighted by atomic mass is 9.89. The molecule has 3 N–H and O–H groups in total. The van der Waals surface area contributed by atoms with Gasteiger partial charge in [0.05, 0.1) is 15.8 Å². The van der Waals surface area contributed by atoms with Crippen molar-refractivity contribution in [1.29, 1.82) is 0 Å². The van der Waals surface area contributed by atoms with Gasteiger partial charge in [-0.05, 0) is 43.2 Å². The number of rotatable bonds is 3. The van der Waals surface area contributed by atoms with Crippen molar-refractivity contribution in [1.82, 2.24) is 4.98 Å². The number of nitrogens with two attached hydrogens (primary N) is 1. The van der Waals surface area contributed by atoms with Crippen LogP contribution >= 0.6 is 23.1 Å². The van der Waals surface area contributed by atoms with Crippen LogP contribution in [0.2, 0.25) is 0 Å². The molecular weight excluding hydrogens is 364 g/mol. The Morgan fingerprint density at radius 1 is 1.23 bits per heavy atom. The number of hydrogen-bond donors (Lipinski definition) is 2. The molecular formula is C19H18N4OS2. The quantitative estimate of drug-likeness (QED) is 0.711. The summed E-state index contributed by atoms with van der Waals surface area (Å²) in [4.78, 5) is 21.8. The van der Waals surface area contributed by atoms with Crippen LogP contribution in [0.3, 0.4) is 0 Å². The number of thiazole rings is 1. The van der Waals surface area contributed by atoms with Gasteiger partial charge in [-0.25, -0.2) is 4.98 Å². The number of amidine groups is 1. The number of anilines is 1. The third kappa shape index (κ3) is 3.32. The number of nitrogens with one attached hydrogen (secondary N) is 1. The third-order valence-corrected chi connectivity index (χ3v) is 6.20. The minimum atomic E-state index is -0.387. The van der Waals surface area contributed by atoms with E-state index in [0.29, 0.717) is 15.9 Å². The number of amides is 1. The van der Waals surface area contributed by atoms with Crippen LogP contribution in [0.15, 0.2) is 53.5 Å². The molecule has 0 bridgehead atoms. The number of carbonyl (C=O) groups excluding carboxylic acids is 1. The van der Waals surface area contributed by atoms with Crippen molar-refractivity contribution in [2.75, 3.05) is 11.1 Å². The summed E-state index contributed by atoms with van der Waals surface area (Å²) in [5.74, 6) is 0.755. The van der Waals surface area contributed by atoms with Crippen molar-refractivity contribution in [2.45, 2.75) is 18.9 Å². The molecule has 0 saturated carbocycles. The number of thioether (sulfide) groups is 1. The molecule has 3 aromatic rings. The summed E-state index contributed by atoms with van der Waals surface area (Å²) in [6, 6.07) is 15.4. The standard InChI is InChI=1S/C19H18N4OS2/c1-19(9-10-25-17(20)23-19)13-6-4-5-12(11-13)16(24)22-18-21-14-7-2-3-8-15(14)26-18/h2-8,11H,9-10H2,1H3,(H2,20,23)(H,21,22,24). The first-order valence-electron chi connectivity index (χ1n) is 8.29. The summed E-state index contributed by atoms with van der Waals surface area (Å²) < 4.78 is 1.05. The lowest BCUT2D eigenvalue weighted by Gasteiger charge is -2.30. The maximum Gasteiger partial charge on any atom is 0.257 e. The minimum absolute atomic E-state index is 0.170. The monoisotopic (exact) mass is 382 g/mol. The van der Waals surface area contributed by atoms with Crippen LogP contribution in [0.25, 0.3) is 10.2 Å². The molecule has 0 saturated heterocycles. The largest absolute Gasteiger partial charge is 0.379 e. The number of aromatic nitrogens is 1. The van der Waals surface area contributed by atoms with Crippen molar-refractivity contribution < 1.29 is 4.79 Å². The minimum Gasteiger partial charge on any atom is -0.379 e. The van der Waals surface area contributed by atoms with E-state index in [1.54, 1.807) is 17.8 Å². The second-order valence-corrected chi connectivity index (χ2v) is 8.49. The van der Waals surface area contributed by atoms with Crippen molar-refractivity contribution in [3.8, 4) is 0 Å². The maximum atomic E-state index is 12.7. The fraction of sp³-hybridized carbons (Fsp3) is 0.211. The van der Waals surface area contributed by atoms with E-state index >= 15 is 0 Å². The third-order valence-electron chi connectivity index (χ3n) is 4.46. The number of aliphatic imine (C=N–C) groups is 1. The highest BCUT2D eigenvalue weighted by Crippen LogP contribution is 2.35. The van der Waals surface area contributed by atoms with E-state index in [0.717, 1.165) is 28.0 Å². The predicted octanol–water partition coefficient (Wildman–Crippen LogP) is 4.22. The normalized spacial score (nSPS) is 20.0. The van der Waals surface area contributed by atoms with Crippen LogP contribution in [0, 0.1) is 0 Å². The molecule has 2 aromatic carbocycles. The number of hydrogen-bond acceptors (Lipinski definition) is 6. The van der Waals surface area contributed by atoms with Gasteiger partial charge in [0.2, 0.25) is 0 Å². The molecule has 1 aromatic heterocycles. The van der Waals surface area contributed by atoms with Gasteiger partial charge in [-0.15, -0.1) is 0 Å². The summed E-state index contributed by atoms with van der Waals surface area (Å²) in [6.07, 6.45) is 0.890. The molecule has 5 nitrogen and oxygen atoms in total. The summed E-state index contributed by atoms with van der Waals surface area (Å²) in [7, 11) is 0. The maximum absolute atomic E-state index is 12.7. The number of fused-ring (bicyclic) bond motifs is 1. The summed E-state index contributed by atoms with van der Waals surface area (Å²) >= 11 is 3.04. The number of benzene rings is 2. The second-order valence-electron chi connectivity index (χ2n) is 6.34. The Kier molecular flexibility index (Phi) is 4.42. The van der Waals surface area contributed by atoms with Crippen LogP contribution < -0.4 is 11.1 Å². The van der Waals surface area contributed by atoms with Crippen LogP contribution in [-0.4, -0.2) is 21.8 Å². The number of para-hydroxylation sites is 1. The van der Waals surface area contributed by atoms with Gasteiger partial charge in [-0.3, -0.25) is 15.1 Å². The molecule has 7 heteroatoms. The molecule has 2 heterocycles. The van der Waals surface area contributed by atoms with Crippen molar-refractivity contribution >= 4 is 49.5 Å². The van der Waals surface area contributed by atoms with Crippen molar-refractivity contribution in [3.05, 3.63) is 59.7 Å². The van der Waals surface area contributed by atoms with Gasteiger partial charge in [0.15, 0.2) is 10.3 Å². The highest BCUT2D eigenvalue weighted by molar-refractivity contribution is 8.13. The van der Waals surface area contributed by atoms with Crippen LogP contribution in [0.4, 0.5) is 5.13 Å². The van der Waals surface area contributed by atoms with Gasteiger partial charge in [0.25, 0.3) is 5.91 Å². The van der Waals surface area contributed by atoms with Gasteiger partial charge in [-0.2, -0.15) is 0 Å². The molecule has 0 spiro atoms. The zero-order valence-electron chi connectivity index (χ0n) is 14.2. The number of carbonyl (C=O) groups is 1. The Hall–Kier alpha value is -2.38. The molecule has 0 radical (unpaired) electrons. The number of nitrogens with zero attached hydrogens (tertiary/aromatic N) is 2. The summed E-state index contributed by atoms with van der Waals surface area (Å²) in [5, 5.41) is 4.10. The molecule has 26 heavy (non-hydrogen) atoms. The molecule has 1 amide bonds. The van der Waals surface area contributed by atoms with Crippen molar-refractivity contribution in [3.63, 3.8) is 0 Å². The summed E-state index contributed by atoms with van der Waals surface area (Å²) in [5.41, 5.74) is 8.00. The fourth-order valence-corrected chi connectivity index (χ4v) is 4.82. The summed E-state index contributed by atoms with van der Waals surface area (Å²) in [6.45, 7) is 2.06. The van der Waals surface area contributed by atoms with Gasteiger partial charge in [-0.1, -0.05) is 47.4 Å². The smallest absolute Gasteiger partial charge is 0.257 e. The molecule has 132 valence electrons. The lowest BCUT2D eigenvalue weighted by Crippen LogP contribution is -2.29. The first kappa shape index (κ1) is 17.1. The van der Waals surface area contributed by atoms with Crippen LogP contribution in [-0.2, 0) is 5.54 Å². The Morgan fingerprint density at radius 2 is 2.08 bits per heavy atom. The van der Waals surface area contributed by atoms with Gasteiger partial charge in [0, 0.05) is 11.3 Å². The Bertz CT molecular complexity index is 980. The van der Waals surface area contributed by atoms with Gasteiger partial charge >= 0.3 is 0 Å². The predicted molar refractivity (Wildman–Crippen MR) is 110 cm³/mol. The molecule has 0 fully saturated rings. The van der Waals surface area contributed by atoms with E-state index in [2.05, 4.69) is 22.2 Å². The molecule has 1 aliphatic heterocycles. The molecule has 0 aliphatic carbocycles. The highest BCUT2D eigenvalue weighted by Gasteiger charge is 2.29. The lowest BCUT2D eigenvalue weighted by molar-refractivity contribution is 0.102. The zero-order valence-corrected chi connectivity index (χ0v) is 15.9. The first-order chi connectivity index (χ1) is 12.5. The topological polar surface area (TPSA) is 80.4 Å². The van der Waals surface area contributed by atoms with E-state index in [-0.39, 0.29) is 11.4 Å². The Labute approximate surface area is 159 Å². The van der Waals surface area contributed by atoms with E-state index < -0.39 is 0 Å². The van der Waals surface area contributed by atoms with Crippen LogP contribution in [0.5, 0.6) is 0 Å². The van der Waals surface area contributed by atoms with Gasteiger partial charge in [0.1, 0.15) is 0 Å². The van der Waals surface area contributed by atoms with Crippen molar-refractivity contribution in [2.24, 2.45) is 10.7 Å². The second kappa shape index (κ2) is 6.74. The zero-order chi connectivity index (χ0) is 18.1. The average Bonchev–Trinajstić information content (AvgIpc) is 3.04. The highest BCUT2D eigenvalue weighted by atomic mass is 32.2. The van der Waals surface area contributed by atoms with E-state index in [1.807, 2.05) is 42.5 Å². The molecule has 1 unspecified atom stereocenters. The van der Waals surface area contributed by atoms with Crippen LogP contribution in [0.1, 0.15) is 29.3 Å². The average molecular weight is 383 g/mol. The molecule has 4 rings (SSSR count). The molecule has 1 atom stereocenters. The molecule has 1 aliphatic rings.